The maximum Gasteiger partial charge on any atom is 0.376 e. The topological polar surface area (TPSA) is 121 Å². The third kappa shape index (κ3) is 13.9. The van der Waals surface area contributed by atoms with E-state index < -0.39 is 11.9 Å². The van der Waals surface area contributed by atoms with Crippen molar-refractivity contribution in [3.05, 3.63) is 66.2 Å². The number of carbonyl (C=O) groups is 3. The second kappa shape index (κ2) is 14.2. The first kappa shape index (κ1) is 24.0. The Morgan fingerprint density at radius 2 is 1.37 bits per heavy atom. The van der Waals surface area contributed by atoms with Crippen molar-refractivity contribution in [2.45, 2.75) is 32.5 Å². The smallest absolute Gasteiger partial charge is 0.376 e. The molecule has 0 radical (unpaired) electrons. The van der Waals surface area contributed by atoms with E-state index in [-0.39, 0.29) is 18.5 Å². The van der Waals surface area contributed by atoms with Crippen molar-refractivity contribution in [1.29, 1.82) is 0 Å². The van der Waals surface area contributed by atoms with Gasteiger partial charge in [0.15, 0.2) is 0 Å². The number of carbonyl (C=O) groups excluding carboxylic acids is 2. The number of aliphatic hydroxyl groups is 2. The van der Waals surface area contributed by atoms with Gasteiger partial charge in [-0.15, -0.1) is 0 Å². The summed E-state index contributed by atoms with van der Waals surface area (Å²) in [6, 6.07) is 16.7. The van der Waals surface area contributed by atoms with Crippen LogP contribution >= 0.6 is 0 Å². The van der Waals surface area contributed by atoms with Crippen molar-refractivity contribution in [1.82, 2.24) is 0 Å². The normalized spacial score (nSPS) is 11.4. The van der Waals surface area contributed by atoms with Crippen LogP contribution in [0.25, 0.3) is 0 Å². The molecule has 0 amide bonds. The molecule has 0 aromatic heterocycles. The summed E-state index contributed by atoms with van der Waals surface area (Å²) < 4.78 is 4.56. The highest BCUT2D eigenvalue weighted by Crippen LogP contribution is 2.07. The summed E-state index contributed by atoms with van der Waals surface area (Å²) in [4.78, 5) is 30.4. The Morgan fingerprint density at radius 1 is 0.926 bits per heavy atom. The van der Waals surface area contributed by atoms with Gasteiger partial charge >= 0.3 is 11.9 Å². The highest BCUT2D eigenvalue weighted by atomic mass is 16.5. The number of ether oxygens (including phenoxy) is 1. The predicted octanol–water partition coefficient (Wildman–Crippen LogP) is 2.31. The van der Waals surface area contributed by atoms with Gasteiger partial charge in [-0.2, -0.15) is 0 Å². The van der Waals surface area contributed by atoms with Gasteiger partial charge in [0.2, 0.25) is 6.29 Å². The molecule has 0 saturated carbocycles. The molecule has 0 aliphatic carbocycles. The summed E-state index contributed by atoms with van der Waals surface area (Å²) in [6.45, 7) is 3.32. The van der Waals surface area contributed by atoms with Crippen LogP contribution in [0.15, 0.2) is 60.7 Å². The highest BCUT2D eigenvalue weighted by Gasteiger charge is 2.00. The lowest BCUT2D eigenvalue weighted by Gasteiger charge is -2.04. The average molecular weight is 376 g/mol. The van der Waals surface area contributed by atoms with Gasteiger partial charge in [0.05, 0.1) is 17.8 Å². The van der Waals surface area contributed by atoms with E-state index in [1.54, 1.807) is 74.5 Å². The molecular formula is C20H24O7. The molecule has 2 atom stereocenters. The molecule has 7 nitrogen and oxygen atoms in total. The molecule has 2 aromatic rings. The summed E-state index contributed by atoms with van der Waals surface area (Å²) in [6.07, 6.45) is -0.146. The number of carboxylic acid groups (broad SMARTS) is 1. The Hall–Kier alpha value is -3.03. The molecule has 0 aliphatic heterocycles. The van der Waals surface area contributed by atoms with Crippen LogP contribution < -0.4 is 4.74 Å². The number of rotatable bonds is 5. The number of esters is 1. The van der Waals surface area contributed by atoms with Gasteiger partial charge in [-0.25, -0.2) is 9.59 Å². The molecule has 2 unspecified atom stereocenters. The van der Waals surface area contributed by atoms with Crippen molar-refractivity contribution in [3.8, 4) is 5.75 Å². The summed E-state index contributed by atoms with van der Waals surface area (Å²) in [5.74, 6) is -1.38. The Morgan fingerprint density at radius 3 is 1.67 bits per heavy atom. The van der Waals surface area contributed by atoms with E-state index in [0.29, 0.717) is 17.7 Å². The summed E-state index contributed by atoms with van der Waals surface area (Å²) in [5.41, 5.74) is 0.331. The first-order valence-electron chi connectivity index (χ1n) is 8.12. The third-order valence-electron chi connectivity index (χ3n) is 2.76. The second-order valence-corrected chi connectivity index (χ2v) is 5.46. The van der Waals surface area contributed by atoms with Gasteiger partial charge in [0, 0.05) is 0 Å². The lowest BCUT2D eigenvalue weighted by molar-refractivity contribution is -0.141. The number of carboxylic acids is 1. The maximum absolute atomic E-state index is 10.4. The zero-order valence-corrected chi connectivity index (χ0v) is 15.2. The maximum atomic E-state index is 10.4. The summed E-state index contributed by atoms with van der Waals surface area (Å²) in [7, 11) is 0. The average Bonchev–Trinajstić information content (AvgIpc) is 2.63. The summed E-state index contributed by atoms with van der Waals surface area (Å²) >= 11 is 0. The van der Waals surface area contributed by atoms with Crippen molar-refractivity contribution in [2.75, 3.05) is 0 Å². The number of benzene rings is 2. The van der Waals surface area contributed by atoms with Crippen molar-refractivity contribution < 1.29 is 34.4 Å². The molecule has 0 aliphatic rings. The highest BCUT2D eigenvalue weighted by molar-refractivity contribution is 6.21. The molecule has 2 aromatic carbocycles. The predicted molar refractivity (Wildman–Crippen MR) is 99.5 cm³/mol. The van der Waals surface area contributed by atoms with Crippen LogP contribution in [-0.4, -0.2) is 45.8 Å². The Bertz CT molecular complexity index is 661. The van der Waals surface area contributed by atoms with Gasteiger partial charge in [-0.1, -0.05) is 36.4 Å². The van der Waals surface area contributed by atoms with E-state index in [9.17, 15) is 14.4 Å². The third-order valence-corrected chi connectivity index (χ3v) is 2.76. The Labute approximate surface area is 157 Å². The van der Waals surface area contributed by atoms with Crippen LogP contribution in [0.2, 0.25) is 0 Å². The van der Waals surface area contributed by atoms with Gasteiger partial charge in [0.1, 0.15) is 5.75 Å². The van der Waals surface area contributed by atoms with Crippen LogP contribution in [0, 0.1) is 0 Å². The molecule has 0 saturated heterocycles. The van der Waals surface area contributed by atoms with Crippen LogP contribution in [0.5, 0.6) is 5.75 Å². The number of hydrogen-bond donors (Lipinski definition) is 3. The molecule has 0 fully saturated rings. The quantitative estimate of drug-likeness (QED) is 0.317. The van der Waals surface area contributed by atoms with Crippen LogP contribution in [0.4, 0.5) is 0 Å². The lowest BCUT2D eigenvalue weighted by atomic mass is 10.2. The lowest BCUT2D eigenvalue weighted by Crippen LogP contribution is -2.10. The van der Waals surface area contributed by atoms with Gasteiger partial charge in [-0.3, -0.25) is 4.79 Å². The van der Waals surface area contributed by atoms with Gasteiger partial charge in [0.25, 0.3) is 0 Å². The zero-order valence-electron chi connectivity index (χ0n) is 15.2. The minimum atomic E-state index is -0.879. The van der Waals surface area contributed by atoms with Crippen LogP contribution in [0.1, 0.15) is 30.6 Å². The van der Waals surface area contributed by atoms with Crippen LogP contribution in [0.3, 0.4) is 0 Å². The fourth-order valence-corrected chi connectivity index (χ4v) is 1.70. The number of para-hydroxylation sites is 1. The zero-order chi connectivity index (χ0) is 20.7. The minimum Gasteiger partial charge on any atom is -0.478 e. The molecule has 0 bridgehead atoms. The molecule has 146 valence electrons. The van der Waals surface area contributed by atoms with Crippen LogP contribution in [-0.2, 0) is 9.59 Å². The Kier molecular flexibility index (Phi) is 12.6. The molecule has 7 heteroatoms. The monoisotopic (exact) mass is 376 g/mol. The standard InChI is InChI=1S/C8H6O3.C7H6O2.C5H12O2/c9-6-8(10)11-7-4-2-1-3-5-7;8-7(9)6-4-2-1-3-5-6;1-4(6)3-5(2)7/h1-6H;1-5H,(H,8,9);4-7H,3H2,1-2H3. The van der Waals surface area contributed by atoms with E-state index in [2.05, 4.69) is 4.74 Å². The molecule has 27 heavy (non-hydrogen) atoms. The van der Waals surface area contributed by atoms with E-state index in [1.807, 2.05) is 0 Å². The summed E-state index contributed by atoms with van der Waals surface area (Å²) in [5, 5.41) is 25.5. The molecule has 2 rings (SSSR count). The Balaban J connectivity index is 0.000000387. The van der Waals surface area contributed by atoms with Gasteiger partial charge < -0.3 is 20.1 Å². The fourth-order valence-electron chi connectivity index (χ4n) is 1.70. The number of aliphatic hydroxyl groups excluding tert-OH is 2. The number of aldehydes is 1. The first-order chi connectivity index (χ1) is 12.8. The largest absolute Gasteiger partial charge is 0.478 e. The number of aromatic carboxylic acids is 1. The van der Waals surface area contributed by atoms with E-state index in [1.165, 1.54) is 0 Å². The van der Waals surface area contributed by atoms with Crippen molar-refractivity contribution in [3.63, 3.8) is 0 Å². The first-order valence-corrected chi connectivity index (χ1v) is 8.12. The van der Waals surface area contributed by atoms with Crippen molar-refractivity contribution >= 4 is 18.2 Å². The van der Waals surface area contributed by atoms with Crippen molar-refractivity contribution in [2.24, 2.45) is 0 Å². The molecular weight excluding hydrogens is 352 g/mol. The fraction of sp³-hybridized carbons (Fsp3) is 0.250. The molecule has 0 spiro atoms. The molecule has 3 N–H and O–H groups in total. The SMILES string of the molecule is CC(O)CC(C)O.O=C(O)c1ccccc1.O=CC(=O)Oc1ccccc1. The number of hydrogen-bond acceptors (Lipinski definition) is 6. The van der Waals surface area contributed by atoms with E-state index in [4.69, 9.17) is 15.3 Å². The molecule has 0 heterocycles. The second-order valence-electron chi connectivity index (χ2n) is 5.46. The van der Waals surface area contributed by atoms with Gasteiger partial charge in [-0.05, 0) is 44.5 Å². The minimum absolute atomic E-state index is 0.132. The van der Waals surface area contributed by atoms with E-state index >= 15 is 0 Å². The van der Waals surface area contributed by atoms with E-state index in [0.717, 1.165) is 0 Å².